The molecule has 0 spiro atoms. The van der Waals surface area contributed by atoms with E-state index in [0.29, 0.717) is 36.1 Å². The predicted octanol–water partition coefficient (Wildman–Crippen LogP) is 1.45. The number of rotatable bonds is 2. The minimum atomic E-state index is -1.07. The fraction of sp³-hybridized carbons (Fsp3) is 0.500. The molecule has 0 saturated carbocycles. The number of methoxy groups -OCH3 is 2. The van der Waals surface area contributed by atoms with Gasteiger partial charge in [0, 0.05) is 11.5 Å². The first-order chi connectivity index (χ1) is 11.5. The van der Waals surface area contributed by atoms with Gasteiger partial charge in [-0.15, -0.1) is 0 Å². The molecule has 2 aliphatic rings. The van der Waals surface area contributed by atoms with E-state index < -0.39 is 18.0 Å². The number of hydrogen-bond donors (Lipinski definition) is 3. The summed E-state index contributed by atoms with van der Waals surface area (Å²) in [4.78, 5) is 12.0. The number of aryl methyl sites for hydroxylation is 1. The molecular weight excluding hydrogens is 312 g/mol. The lowest BCUT2D eigenvalue weighted by molar-refractivity contribution is -0.122. The van der Waals surface area contributed by atoms with Gasteiger partial charge in [0.2, 0.25) is 5.75 Å². The second-order valence-corrected chi connectivity index (χ2v) is 6.28. The van der Waals surface area contributed by atoms with Gasteiger partial charge in [0.1, 0.15) is 6.10 Å². The maximum absolute atomic E-state index is 12.0. The molecule has 0 bridgehead atoms. The number of carbonyl (C=O) groups is 1. The molecule has 24 heavy (non-hydrogen) atoms. The quantitative estimate of drug-likeness (QED) is 0.757. The number of fused-ring (bicyclic) bond motifs is 3. The smallest absolute Gasteiger partial charge is 0.203 e. The first-order valence-electron chi connectivity index (χ1n) is 8.06. The molecule has 0 fully saturated rings. The Hall–Kier alpha value is -2.05. The van der Waals surface area contributed by atoms with E-state index >= 15 is 0 Å². The Morgan fingerprint density at radius 2 is 1.83 bits per heavy atom. The maximum Gasteiger partial charge on any atom is 0.203 e. The van der Waals surface area contributed by atoms with Crippen molar-refractivity contribution >= 4 is 5.78 Å². The Bertz CT molecular complexity index is 693. The molecule has 3 unspecified atom stereocenters. The first-order valence-corrected chi connectivity index (χ1v) is 8.06. The number of aliphatic hydroxyl groups excluding tert-OH is 2. The van der Waals surface area contributed by atoms with Gasteiger partial charge in [-0.25, -0.2) is 0 Å². The average molecular weight is 334 g/mol. The molecule has 0 amide bonds. The fourth-order valence-electron chi connectivity index (χ4n) is 3.73. The number of benzene rings is 1. The zero-order valence-corrected chi connectivity index (χ0v) is 13.8. The van der Waals surface area contributed by atoms with Crippen LogP contribution in [0.2, 0.25) is 0 Å². The topological polar surface area (TPSA) is 96.2 Å². The highest BCUT2D eigenvalue weighted by Crippen LogP contribution is 2.50. The molecule has 3 rings (SSSR count). The van der Waals surface area contributed by atoms with Crippen LogP contribution in [0.25, 0.3) is 0 Å². The molecule has 0 aliphatic heterocycles. The summed E-state index contributed by atoms with van der Waals surface area (Å²) in [6, 6.07) is 1.81. The van der Waals surface area contributed by atoms with E-state index in [0.717, 1.165) is 5.56 Å². The number of phenols is 1. The van der Waals surface area contributed by atoms with E-state index in [1.54, 1.807) is 0 Å². The first kappa shape index (κ1) is 16.8. The minimum Gasteiger partial charge on any atom is -0.504 e. The Morgan fingerprint density at radius 1 is 1.08 bits per heavy atom. The van der Waals surface area contributed by atoms with Crippen molar-refractivity contribution in [3.05, 3.63) is 28.8 Å². The van der Waals surface area contributed by atoms with Gasteiger partial charge in [-0.2, -0.15) is 0 Å². The number of ketones is 1. The van der Waals surface area contributed by atoms with Gasteiger partial charge < -0.3 is 24.8 Å². The van der Waals surface area contributed by atoms with Crippen molar-refractivity contribution in [2.24, 2.45) is 0 Å². The summed E-state index contributed by atoms with van der Waals surface area (Å²) < 4.78 is 10.6. The maximum atomic E-state index is 12.0. The molecule has 130 valence electrons. The Morgan fingerprint density at radius 3 is 2.50 bits per heavy atom. The standard InChI is InChI=1S/C18H22O6/c1-23-15-7-9-3-5-12(19)11-8-14(21)13(20)6-4-10(11)16(9)17(22)18(15)24-2/h7-8,10,12-13,19-20,22H,3-6H2,1-2H3. The summed E-state index contributed by atoms with van der Waals surface area (Å²) in [6.45, 7) is 0. The van der Waals surface area contributed by atoms with Crippen LogP contribution < -0.4 is 9.47 Å². The highest BCUT2D eigenvalue weighted by Gasteiger charge is 2.36. The van der Waals surface area contributed by atoms with Gasteiger partial charge >= 0.3 is 0 Å². The number of aromatic hydroxyl groups is 1. The molecule has 6 heteroatoms. The average Bonchev–Trinajstić information content (AvgIpc) is 2.79. The zero-order valence-electron chi connectivity index (χ0n) is 13.8. The zero-order chi connectivity index (χ0) is 17.4. The SMILES string of the molecule is COc1cc2c(c(O)c1OC)C1CCC(O)C(=O)C=C1C(O)CC2. The molecular formula is C18H22O6. The number of ether oxygens (including phenoxy) is 2. The normalized spacial score (nSPS) is 26.6. The van der Waals surface area contributed by atoms with Crippen LogP contribution in [0.15, 0.2) is 17.7 Å². The molecule has 6 nitrogen and oxygen atoms in total. The van der Waals surface area contributed by atoms with Crippen LogP contribution in [-0.4, -0.2) is 47.5 Å². The van der Waals surface area contributed by atoms with Crippen LogP contribution in [-0.2, 0) is 11.2 Å². The van der Waals surface area contributed by atoms with E-state index in [1.807, 2.05) is 6.07 Å². The number of phenolic OH excluding ortho intramolecular Hbond substituents is 1. The lowest BCUT2D eigenvalue weighted by Gasteiger charge is -2.24. The molecule has 2 aliphatic carbocycles. The van der Waals surface area contributed by atoms with Gasteiger partial charge in [0.05, 0.1) is 20.3 Å². The largest absolute Gasteiger partial charge is 0.504 e. The second-order valence-electron chi connectivity index (χ2n) is 6.28. The second kappa shape index (κ2) is 6.45. The lowest BCUT2D eigenvalue weighted by Crippen LogP contribution is -2.17. The van der Waals surface area contributed by atoms with Crippen molar-refractivity contribution in [2.75, 3.05) is 14.2 Å². The number of aliphatic hydroxyl groups is 2. The third-order valence-corrected chi connectivity index (χ3v) is 4.96. The Balaban J connectivity index is 2.21. The van der Waals surface area contributed by atoms with E-state index in [1.165, 1.54) is 20.3 Å². The summed E-state index contributed by atoms with van der Waals surface area (Å²) in [5.41, 5.74) is 2.07. The summed E-state index contributed by atoms with van der Waals surface area (Å²) in [5, 5.41) is 31.1. The van der Waals surface area contributed by atoms with Gasteiger partial charge in [-0.1, -0.05) is 0 Å². The van der Waals surface area contributed by atoms with Crippen molar-refractivity contribution in [3.63, 3.8) is 0 Å². The molecule has 1 aromatic carbocycles. The van der Waals surface area contributed by atoms with Crippen LogP contribution in [0.1, 0.15) is 36.3 Å². The molecule has 0 heterocycles. The number of hydrogen-bond acceptors (Lipinski definition) is 6. The van der Waals surface area contributed by atoms with Crippen LogP contribution in [0.5, 0.6) is 17.2 Å². The van der Waals surface area contributed by atoms with Crippen molar-refractivity contribution in [3.8, 4) is 17.2 Å². The Kier molecular flexibility index (Phi) is 4.51. The summed E-state index contributed by atoms with van der Waals surface area (Å²) in [7, 11) is 2.95. The van der Waals surface area contributed by atoms with Gasteiger partial charge in [0.25, 0.3) is 0 Å². The predicted molar refractivity (Wildman–Crippen MR) is 86.6 cm³/mol. The monoisotopic (exact) mass is 334 g/mol. The van der Waals surface area contributed by atoms with Crippen molar-refractivity contribution in [1.29, 1.82) is 0 Å². The molecule has 3 N–H and O–H groups in total. The molecule has 0 radical (unpaired) electrons. The van der Waals surface area contributed by atoms with Crippen molar-refractivity contribution in [2.45, 2.75) is 43.8 Å². The number of carbonyl (C=O) groups excluding carboxylic acids is 1. The van der Waals surface area contributed by atoms with E-state index in [9.17, 15) is 20.1 Å². The Labute approximate surface area is 140 Å². The van der Waals surface area contributed by atoms with E-state index in [-0.39, 0.29) is 23.8 Å². The molecule has 0 aromatic heterocycles. The van der Waals surface area contributed by atoms with Crippen LogP contribution in [0.3, 0.4) is 0 Å². The molecule has 0 saturated heterocycles. The van der Waals surface area contributed by atoms with Crippen molar-refractivity contribution < 1.29 is 29.6 Å². The van der Waals surface area contributed by atoms with Crippen LogP contribution in [0, 0.1) is 0 Å². The van der Waals surface area contributed by atoms with Gasteiger partial charge in [-0.3, -0.25) is 4.79 Å². The van der Waals surface area contributed by atoms with Gasteiger partial charge in [-0.05, 0) is 49.0 Å². The molecule has 1 aromatic rings. The summed E-state index contributed by atoms with van der Waals surface area (Å²) >= 11 is 0. The highest BCUT2D eigenvalue weighted by molar-refractivity contribution is 5.94. The van der Waals surface area contributed by atoms with Crippen molar-refractivity contribution in [1.82, 2.24) is 0 Å². The van der Waals surface area contributed by atoms with E-state index in [2.05, 4.69) is 0 Å². The van der Waals surface area contributed by atoms with Crippen LogP contribution in [0.4, 0.5) is 0 Å². The lowest BCUT2D eigenvalue weighted by atomic mass is 9.84. The third kappa shape index (κ3) is 2.65. The molecule has 3 atom stereocenters. The van der Waals surface area contributed by atoms with Gasteiger partial charge in [0.15, 0.2) is 17.3 Å². The minimum absolute atomic E-state index is 0.0271. The third-order valence-electron chi connectivity index (χ3n) is 4.96. The summed E-state index contributed by atoms with van der Waals surface area (Å²) in [5.74, 6) is -0.0856. The van der Waals surface area contributed by atoms with Crippen LogP contribution >= 0.6 is 0 Å². The van der Waals surface area contributed by atoms with E-state index in [4.69, 9.17) is 9.47 Å². The summed E-state index contributed by atoms with van der Waals surface area (Å²) in [6.07, 6.45) is 1.23. The highest BCUT2D eigenvalue weighted by atomic mass is 16.5. The fourth-order valence-corrected chi connectivity index (χ4v) is 3.73.